The van der Waals surface area contributed by atoms with Crippen LogP contribution in [0.3, 0.4) is 0 Å². The smallest absolute Gasteiger partial charge is 0.315 e. The van der Waals surface area contributed by atoms with Crippen molar-refractivity contribution in [2.75, 3.05) is 33.0 Å². The van der Waals surface area contributed by atoms with Crippen molar-refractivity contribution in [2.45, 2.75) is 24.5 Å². The summed E-state index contributed by atoms with van der Waals surface area (Å²) in [6, 6.07) is -0.162. The van der Waals surface area contributed by atoms with Gasteiger partial charge >= 0.3 is 6.03 Å². The van der Waals surface area contributed by atoms with Crippen molar-refractivity contribution in [3.8, 4) is 0 Å². The molecule has 2 fully saturated rings. The van der Waals surface area contributed by atoms with E-state index < -0.39 is 5.60 Å². The van der Waals surface area contributed by atoms with E-state index in [0.717, 1.165) is 6.42 Å². The van der Waals surface area contributed by atoms with Crippen molar-refractivity contribution in [3.63, 3.8) is 0 Å². The maximum Gasteiger partial charge on any atom is 0.315 e. The Kier molecular flexibility index (Phi) is 3.63. The Hall–Kier alpha value is -0.850. The predicted octanol–water partition coefficient (Wildman–Crippen LogP) is -0.774. The molecule has 0 saturated carbocycles. The molecule has 6 heteroatoms. The van der Waals surface area contributed by atoms with Crippen LogP contribution in [0.5, 0.6) is 0 Å². The summed E-state index contributed by atoms with van der Waals surface area (Å²) < 4.78 is 10.2. The van der Waals surface area contributed by atoms with E-state index in [0.29, 0.717) is 32.8 Å². The second-order valence-electron chi connectivity index (χ2n) is 4.41. The molecule has 2 rings (SSSR count). The van der Waals surface area contributed by atoms with Gasteiger partial charge in [-0.15, -0.1) is 0 Å². The average Bonchev–Trinajstić information content (AvgIpc) is 2.88. The van der Waals surface area contributed by atoms with Crippen molar-refractivity contribution in [1.82, 2.24) is 10.6 Å². The Labute approximate surface area is 94.3 Å². The van der Waals surface area contributed by atoms with Crippen LogP contribution in [0, 0.1) is 0 Å². The number of hydrogen-bond donors (Lipinski definition) is 3. The minimum absolute atomic E-state index is 0.0921. The summed E-state index contributed by atoms with van der Waals surface area (Å²) in [5.41, 5.74) is -0.899. The van der Waals surface area contributed by atoms with Gasteiger partial charge in [-0.25, -0.2) is 4.79 Å². The second kappa shape index (κ2) is 4.99. The van der Waals surface area contributed by atoms with Crippen LogP contribution in [0.1, 0.15) is 12.8 Å². The predicted molar refractivity (Wildman–Crippen MR) is 56.1 cm³/mol. The SMILES string of the molecule is O=C(NCC1(O)CCOC1)NC1CCOC1. The number of ether oxygens (including phenoxy) is 2. The number of carbonyl (C=O) groups is 1. The van der Waals surface area contributed by atoms with E-state index in [2.05, 4.69) is 10.6 Å². The lowest BCUT2D eigenvalue weighted by Crippen LogP contribution is -2.49. The summed E-state index contributed by atoms with van der Waals surface area (Å²) >= 11 is 0. The van der Waals surface area contributed by atoms with Crippen molar-refractivity contribution in [3.05, 3.63) is 0 Å². The number of rotatable bonds is 3. The molecule has 2 atom stereocenters. The van der Waals surface area contributed by atoms with Crippen LogP contribution in [-0.4, -0.2) is 55.8 Å². The normalized spacial score (nSPS) is 33.9. The number of aliphatic hydroxyl groups is 1. The van der Waals surface area contributed by atoms with Gasteiger partial charge in [-0.1, -0.05) is 0 Å². The molecule has 2 unspecified atom stereocenters. The van der Waals surface area contributed by atoms with Gasteiger partial charge in [0, 0.05) is 19.6 Å². The third kappa shape index (κ3) is 3.07. The fourth-order valence-electron chi connectivity index (χ4n) is 1.87. The lowest BCUT2D eigenvalue weighted by molar-refractivity contribution is 0.0291. The Morgan fingerprint density at radius 2 is 2.31 bits per heavy atom. The van der Waals surface area contributed by atoms with Gasteiger partial charge in [-0.05, 0) is 6.42 Å². The highest BCUT2D eigenvalue weighted by Crippen LogP contribution is 2.16. The van der Waals surface area contributed by atoms with E-state index in [1.165, 1.54) is 0 Å². The maximum atomic E-state index is 11.5. The van der Waals surface area contributed by atoms with Crippen LogP contribution in [0.15, 0.2) is 0 Å². The molecule has 92 valence electrons. The third-order valence-electron chi connectivity index (χ3n) is 2.93. The first-order valence-corrected chi connectivity index (χ1v) is 5.60. The highest BCUT2D eigenvalue weighted by atomic mass is 16.5. The Balaban J connectivity index is 1.66. The van der Waals surface area contributed by atoms with Gasteiger partial charge in [0.2, 0.25) is 0 Å². The summed E-state index contributed by atoms with van der Waals surface area (Å²) in [5, 5.41) is 15.4. The fourth-order valence-corrected chi connectivity index (χ4v) is 1.87. The van der Waals surface area contributed by atoms with Crippen molar-refractivity contribution in [1.29, 1.82) is 0 Å². The quantitative estimate of drug-likeness (QED) is 0.594. The molecule has 2 aliphatic heterocycles. The molecule has 2 aliphatic rings. The number of amides is 2. The summed E-state index contributed by atoms with van der Waals surface area (Å²) in [6.45, 7) is 2.34. The molecule has 0 aromatic heterocycles. The van der Waals surface area contributed by atoms with E-state index >= 15 is 0 Å². The number of nitrogens with one attached hydrogen (secondary N) is 2. The van der Waals surface area contributed by atoms with Crippen LogP contribution < -0.4 is 10.6 Å². The molecule has 2 heterocycles. The first-order chi connectivity index (χ1) is 7.68. The molecule has 2 amide bonds. The van der Waals surface area contributed by atoms with Crippen LogP contribution in [-0.2, 0) is 9.47 Å². The first kappa shape index (κ1) is 11.6. The molecule has 0 aromatic carbocycles. The summed E-state index contributed by atoms with van der Waals surface area (Å²) in [7, 11) is 0. The van der Waals surface area contributed by atoms with E-state index in [9.17, 15) is 9.90 Å². The molecular formula is C10H18N2O4. The highest BCUT2D eigenvalue weighted by Gasteiger charge is 2.32. The standard InChI is InChI=1S/C10H18N2O4/c13-9(12-8-1-3-15-5-8)11-6-10(14)2-4-16-7-10/h8,14H,1-7H2,(H2,11,12,13). The zero-order chi connectivity index (χ0) is 11.4. The lowest BCUT2D eigenvalue weighted by atomic mass is 10.0. The molecule has 0 spiro atoms. The minimum atomic E-state index is -0.899. The van der Waals surface area contributed by atoms with Crippen molar-refractivity contribution < 1.29 is 19.4 Å². The van der Waals surface area contributed by atoms with E-state index in [4.69, 9.17) is 9.47 Å². The van der Waals surface area contributed by atoms with Gasteiger partial charge in [0.05, 0.1) is 25.8 Å². The Morgan fingerprint density at radius 1 is 1.44 bits per heavy atom. The molecule has 0 bridgehead atoms. The fraction of sp³-hybridized carbons (Fsp3) is 0.900. The van der Waals surface area contributed by atoms with Crippen LogP contribution in [0.2, 0.25) is 0 Å². The second-order valence-corrected chi connectivity index (χ2v) is 4.41. The number of carbonyl (C=O) groups excluding carboxylic acids is 1. The van der Waals surface area contributed by atoms with Gasteiger partial charge < -0.3 is 25.2 Å². The average molecular weight is 230 g/mol. The molecule has 0 aliphatic carbocycles. The summed E-state index contributed by atoms with van der Waals surface area (Å²) in [4.78, 5) is 11.5. The first-order valence-electron chi connectivity index (χ1n) is 5.60. The zero-order valence-corrected chi connectivity index (χ0v) is 9.20. The van der Waals surface area contributed by atoms with Gasteiger partial charge in [-0.2, -0.15) is 0 Å². The minimum Gasteiger partial charge on any atom is -0.386 e. The molecule has 3 N–H and O–H groups in total. The maximum absolute atomic E-state index is 11.5. The van der Waals surface area contributed by atoms with Crippen molar-refractivity contribution in [2.24, 2.45) is 0 Å². The van der Waals surface area contributed by atoms with Gasteiger partial charge in [0.15, 0.2) is 0 Å². The van der Waals surface area contributed by atoms with Crippen LogP contribution in [0.25, 0.3) is 0 Å². The molecule has 6 nitrogen and oxygen atoms in total. The molecule has 2 saturated heterocycles. The summed E-state index contributed by atoms with van der Waals surface area (Å²) in [5.74, 6) is 0. The van der Waals surface area contributed by atoms with Gasteiger partial charge in [0.1, 0.15) is 5.60 Å². The van der Waals surface area contributed by atoms with Gasteiger partial charge in [0.25, 0.3) is 0 Å². The van der Waals surface area contributed by atoms with E-state index in [1.807, 2.05) is 0 Å². The Bertz CT molecular complexity index is 247. The number of urea groups is 1. The third-order valence-corrected chi connectivity index (χ3v) is 2.93. The van der Waals surface area contributed by atoms with Crippen LogP contribution >= 0.6 is 0 Å². The topological polar surface area (TPSA) is 79.8 Å². The lowest BCUT2D eigenvalue weighted by Gasteiger charge is -2.21. The summed E-state index contributed by atoms with van der Waals surface area (Å²) in [6.07, 6.45) is 1.42. The molecule has 0 aromatic rings. The Morgan fingerprint density at radius 3 is 2.94 bits per heavy atom. The van der Waals surface area contributed by atoms with Crippen molar-refractivity contribution >= 4 is 6.03 Å². The number of hydrogen-bond acceptors (Lipinski definition) is 4. The largest absolute Gasteiger partial charge is 0.386 e. The van der Waals surface area contributed by atoms with Crippen LogP contribution in [0.4, 0.5) is 4.79 Å². The monoisotopic (exact) mass is 230 g/mol. The van der Waals surface area contributed by atoms with E-state index in [-0.39, 0.29) is 18.6 Å². The highest BCUT2D eigenvalue weighted by molar-refractivity contribution is 5.74. The molecule has 16 heavy (non-hydrogen) atoms. The molecular weight excluding hydrogens is 212 g/mol. The molecule has 0 radical (unpaired) electrons. The zero-order valence-electron chi connectivity index (χ0n) is 9.20. The van der Waals surface area contributed by atoms with Gasteiger partial charge in [-0.3, -0.25) is 0 Å². The van der Waals surface area contributed by atoms with E-state index in [1.54, 1.807) is 0 Å².